The van der Waals surface area contributed by atoms with Crippen molar-refractivity contribution >= 4 is 27.6 Å². The Hall–Kier alpha value is -3.18. The first-order chi connectivity index (χ1) is 14.8. The zero-order valence-electron chi connectivity index (χ0n) is 17.9. The van der Waals surface area contributed by atoms with Crippen LogP contribution in [0.5, 0.6) is 11.5 Å². The molecular weight excluding hydrogens is 424 g/mol. The van der Waals surface area contributed by atoms with Crippen LogP contribution >= 0.6 is 0 Å². The molecule has 2 aromatic carbocycles. The lowest BCUT2D eigenvalue weighted by Gasteiger charge is -2.18. The number of methoxy groups -OCH3 is 1. The van der Waals surface area contributed by atoms with Crippen LogP contribution in [-0.4, -0.2) is 50.7 Å². The van der Waals surface area contributed by atoms with E-state index in [1.807, 2.05) is 6.92 Å². The number of hydrogen-bond donors (Lipinski definition) is 1. The molecule has 11 heteroatoms. The smallest absolute Gasteiger partial charge is 0.295 e. The molecule has 168 valence electrons. The predicted molar refractivity (Wildman–Crippen MR) is 119 cm³/mol. The summed E-state index contributed by atoms with van der Waals surface area (Å²) in [5, 5.41) is 15.5. The molecule has 2 aromatic rings. The van der Waals surface area contributed by atoms with E-state index in [1.165, 1.54) is 29.8 Å². The van der Waals surface area contributed by atoms with Crippen LogP contribution in [0.3, 0.4) is 0 Å². The van der Waals surface area contributed by atoms with Crippen LogP contribution in [0.25, 0.3) is 0 Å². The first kappa shape index (κ1) is 24.1. The lowest BCUT2D eigenvalue weighted by molar-refractivity contribution is -0.384. The van der Waals surface area contributed by atoms with E-state index in [-0.39, 0.29) is 23.7 Å². The van der Waals surface area contributed by atoms with Crippen molar-refractivity contribution in [2.24, 2.45) is 5.10 Å². The third kappa shape index (κ3) is 5.70. The molecule has 10 nitrogen and oxygen atoms in total. The number of sulfonamides is 1. The fourth-order valence-electron chi connectivity index (χ4n) is 2.85. The second kappa shape index (κ2) is 10.7. The Balaban J connectivity index is 2.29. The van der Waals surface area contributed by atoms with Gasteiger partial charge in [0.25, 0.3) is 5.69 Å². The molecule has 0 aliphatic carbocycles. The Kier molecular flexibility index (Phi) is 8.34. The minimum absolute atomic E-state index is 0.0673. The molecule has 0 spiro atoms. The van der Waals surface area contributed by atoms with Crippen molar-refractivity contribution in [2.75, 3.05) is 32.2 Å². The van der Waals surface area contributed by atoms with Gasteiger partial charge in [-0.25, -0.2) is 8.42 Å². The van der Waals surface area contributed by atoms with Crippen LogP contribution in [0.15, 0.2) is 46.4 Å². The Morgan fingerprint density at radius 3 is 2.42 bits per heavy atom. The summed E-state index contributed by atoms with van der Waals surface area (Å²) in [4.78, 5) is 10.7. The fourth-order valence-corrected chi connectivity index (χ4v) is 4.32. The van der Waals surface area contributed by atoms with Gasteiger partial charge >= 0.3 is 0 Å². The quantitative estimate of drug-likeness (QED) is 0.316. The number of nitrogens with zero attached hydrogens (tertiary/aromatic N) is 3. The molecule has 0 saturated carbocycles. The van der Waals surface area contributed by atoms with E-state index >= 15 is 0 Å². The monoisotopic (exact) mass is 450 g/mol. The topological polar surface area (TPSA) is 123 Å². The number of anilines is 1. The van der Waals surface area contributed by atoms with Gasteiger partial charge in [0.2, 0.25) is 10.0 Å². The standard InChI is InChI=1S/C20H26N4O6S/c1-5-23(6-2)31(27,28)16-9-10-17(18(13-16)24(25)26)22-21-14-15-8-11-19(30-7-3)20(12-15)29-4/h8-14,22H,5-7H2,1-4H3/b21-14+. The van der Waals surface area contributed by atoms with Crippen molar-refractivity contribution in [2.45, 2.75) is 25.7 Å². The van der Waals surface area contributed by atoms with Crippen molar-refractivity contribution in [3.63, 3.8) is 0 Å². The number of hydrogen-bond acceptors (Lipinski definition) is 8. The lowest BCUT2D eigenvalue weighted by Crippen LogP contribution is -2.30. The van der Waals surface area contributed by atoms with Crippen molar-refractivity contribution in [3.05, 3.63) is 52.1 Å². The molecule has 0 saturated heterocycles. The molecule has 0 atom stereocenters. The average molecular weight is 451 g/mol. The van der Waals surface area contributed by atoms with E-state index in [2.05, 4.69) is 10.5 Å². The highest BCUT2D eigenvalue weighted by atomic mass is 32.2. The molecular formula is C20H26N4O6S. The molecule has 0 aromatic heterocycles. The van der Waals surface area contributed by atoms with Crippen molar-refractivity contribution in [3.8, 4) is 11.5 Å². The third-order valence-corrected chi connectivity index (χ3v) is 6.44. The molecule has 0 radical (unpaired) electrons. The number of benzene rings is 2. The summed E-state index contributed by atoms with van der Waals surface area (Å²) in [6.45, 7) is 6.30. The molecule has 1 N–H and O–H groups in total. The van der Waals surface area contributed by atoms with Gasteiger partial charge in [-0.1, -0.05) is 13.8 Å². The Morgan fingerprint density at radius 2 is 1.84 bits per heavy atom. The number of nitro groups is 1. The summed E-state index contributed by atoms with van der Waals surface area (Å²) in [7, 11) is -2.30. The number of nitrogens with one attached hydrogen (secondary N) is 1. The normalized spacial score (nSPS) is 11.6. The maximum Gasteiger partial charge on any atom is 0.295 e. The highest BCUT2D eigenvalue weighted by Crippen LogP contribution is 2.30. The van der Waals surface area contributed by atoms with Crippen LogP contribution in [0.1, 0.15) is 26.3 Å². The van der Waals surface area contributed by atoms with Gasteiger partial charge in [-0.3, -0.25) is 15.5 Å². The minimum Gasteiger partial charge on any atom is -0.493 e. The first-order valence-electron chi connectivity index (χ1n) is 9.66. The maximum atomic E-state index is 12.6. The predicted octanol–water partition coefficient (Wildman–Crippen LogP) is 3.48. The van der Waals surface area contributed by atoms with Gasteiger partial charge < -0.3 is 9.47 Å². The number of rotatable bonds is 11. The highest BCUT2D eigenvalue weighted by Gasteiger charge is 2.25. The molecule has 0 aliphatic rings. The lowest BCUT2D eigenvalue weighted by atomic mass is 10.2. The van der Waals surface area contributed by atoms with E-state index in [0.717, 1.165) is 6.07 Å². The fraction of sp³-hybridized carbons (Fsp3) is 0.350. The Bertz CT molecular complexity index is 1050. The van der Waals surface area contributed by atoms with Crippen LogP contribution in [0.4, 0.5) is 11.4 Å². The van der Waals surface area contributed by atoms with E-state index < -0.39 is 20.6 Å². The second-order valence-electron chi connectivity index (χ2n) is 6.24. The van der Waals surface area contributed by atoms with Gasteiger partial charge in [-0.2, -0.15) is 9.41 Å². The van der Waals surface area contributed by atoms with Crippen LogP contribution in [0, 0.1) is 10.1 Å². The average Bonchev–Trinajstić information content (AvgIpc) is 2.75. The Morgan fingerprint density at radius 1 is 1.13 bits per heavy atom. The minimum atomic E-state index is -3.82. The molecule has 0 amide bonds. The van der Waals surface area contributed by atoms with E-state index in [9.17, 15) is 18.5 Å². The van der Waals surface area contributed by atoms with Crippen LogP contribution in [-0.2, 0) is 10.0 Å². The van der Waals surface area contributed by atoms with Crippen LogP contribution in [0.2, 0.25) is 0 Å². The second-order valence-corrected chi connectivity index (χ2v) is 8.18. The molecule has 0 bridgehead atoms. The Labute approximate surface area is 181 Å². The molecule has 0 fully saturated rings. The summed E-state index contributed by atoms with van der Waals surface area (Å²) in [5.74, 6) is 1.12. The summed E-state index contributed by atoms with van der Waals surface area (Å²) in [6, 6.07) is 8.88. The van der Waals surface area contributed by atoms with E-state index in [4.69, 9.17) is 9.47 Å². The summed E-state index contributed by atoms with van der Waals surface area (Å²) < 4.78 is 37.3. The van der Waals surface area contributed by atoms with E-state index in [0.29, 0.717) is 23.7 Å². The van der Waals surface area contributed by atoms with Crippen LogP contribution < -0.4 is 14.9 Å². The van der Waals surface area contributed by atoms with Crippen molar-refractivity contribution in [1.82, 2.24) is 4.31 Å². The number of nitro benzene ring substituents is 1. The zero-order valence-corrected chi connectivity index (χ0v) is 18.7. The largest absolute Gasteiger partial charge is 0.493 e. The van der Waals surface area contributed by atoms with Gasteiger partial charge in [0.05, 0.1) is 29.8 Å². The maximum absolute atomic E-state index is 12.6. The van der Waals surface area contributed by atoms with Gasteiger partial charge in [0.15, 0.2) is 11.5 Å². The van der Waals surface area contributed by atoms with Gasteiger partial charge in [-0.05, 0) is 42.8 Å². The first-order valence-corrected chi connectivity index (χ1v) is 11.1. The molecule has 0 heterocycles. The number of hydrazone groups is 1. The SMILES string of the molecule is CCOc1ccc(/C=N/Nc2ccc(S(=O)(=O)N(CC)CC)cc2[N+](=O)[O-])cc1OC. The summed E-state index contributed by atoms with van der Waals surface area (Å²) in [5.41, 5.74) is 2.95. The number of ether oxygens (including phenoxy) is 2. The summed E-state index contributed by atoms with van der Waals surface area (Å²) in [6.07, 6.45) is 1.46. The summed E-state index contributed by atoms with van der Waals surface area (Å²) >= 11 is 0. The zero-order chi connectivity index (χ0) is 23.0. The molecule has 0 aliphatic heterocycles. The third-order valence-electron chi connectivity index (χ3n) is 4.40. The van der Waals surface area contributed by atoms with Gasteiger partial charge in [-0.15, -0.1) is 0 Å². The van der Waals surface area contributed by atoms with Gasteiger partial charge in [0, 0.05) is 19.2 Å². The van der Waals surface area contributed by atoms with Crippen molar-refractivity contribution in [1.29, 1.82) is 0 Å². The van der Waals surface area contributed by atoms with E-state index in [1.54, 1.807) is 32.0 Å². The highest BCUT2D eigenvalue weighted by molar-refractivity contribution is 7.89. The molecule has 2 rings (SSSR count). The molecule has 0 unspecified atom stereocenters. The molecule has 31 heavy (non-hydrogen) atoms. The van der Waals surface area contributed by atoms with Gasteiger partial charge in [0.1, 0.15) is 5.69 Å². The van der Waals surface area contributed by atoms with Crippen molar-refractivity contribution < 1.29 is 22.8 Å².